The van der Waals surface area contributed by atoms with Crippen molar-refractivity contribution >= 4 is 0 Å². The highest BCUT2D eigenvalue weighted by molar-refractivity contribution is 5.18. The Kier molecular flexibility index (Phi) is 2.65. The van der Waals surface area contributed by atoms with Crippen molar-refractivity contribution in [3.63, 3.8) is 0 Å². The topological polar surface area (TPSA) is 6.48 Å². The maximum atomic E-state index is 2.73. The van der Waals surface area contributed by atoms with Crippen LogP contribution in [-0.2, 0) is 0 Å². The summed E-state index contributed by atoms with van der Waals surface area (Å²) >= 11 is 0. The molecule has 135 valence electrons. The molecule has 0 atom stereocenters. The largest absolute Gasteiger partial charge is 0.347 e. The van der Waals surface area contributed by atoms with E-state index in [-0.39, 0.29) is 0 Å². The van der Waals surface area contributed by atoms with Crippen molar-refractivity contribution in [3.05, 3.63) is 19.1 Å². The highest BCUT2D eigenvalue weighted by atomic mass is 15.4. The van der Waals surface area contributed by atoms with Gasteiger partial charge in [0.1, 0.15) is 6.67 Å². The van der Waals surface area contributed by atoms with Gasteiger partial charge in [-0.25, -0.2) is 0 Å². The second-order valence-corrected chi connectivity index (χ2v) is 11.5. The maximum absolute atomic E-state index is 2.73. The summed E-state index contributed by atoms with van der Waals surface area (Å²) in [6.45, 7) is 2.60. The van der Waals surface area contributed by atoms with Crippen LogP contribution in [0, 0.1) is 42.2 Å². The molecule has 0 aromatic carbocycles. The van der Waals surface area contributed by atoms with Crippen molar-refractivity contribution in [1.82, 2.24) is 9.80 Å². The molecule has 0 saturated heterocycles. The maximum Gasteiger partial charge on any atom is 0.142 e. The van der Waals surface area contributed by atoms with E-state index in [1.807, 2.05) is 0 Å². The normalized spacial score (nSPS) is 57.9. The SMILES string of the molecule is [CH]1N(C23CC4CC(CC(C4)C2)C3)C=CN1C12CC3CC(CC(C3)C1)C2. The predicted molar refractivity (Wildman–Crippen MR) is 98.9 cm³/mol. The predicted octanol–water partition coefficient (Wildman–Crippen LogP) is 5.13. The van der Waals surface area contributed by atoms with Crippen molar-refractivity contribution in [2.75, 3.05) is 0 Å². The van der Waals surface area contributed by atoms with Crippen LogP contribution in [0.1, 0.15) is 77.0 Å². The fourth-order valence-electron chi connectivity index (χ4n) is 9.68. The van der Waals surface area contributed by atoms with Crippen LogP contribution >= 0.6 is 0 Å². The third-order valence-corrected chi connectivity index (χ3v) is 9.74. The molecule has 1 radical (unpaired) electrons. The standard InChI is InChI=1S/C23H33N2/c1-2-25(23-12-19-6-20(13-23)8-21(7-19)14-23)15-24(1)22-9-16-3-17(10-22)5-18(4-16)11-22/h1-2,15-21H,3-14H2. The second-order valence-electron chi connectivity index (χ2n) is 11.5. The summed E-state index contributed by atoms with van der Waals surface area (Å²) in [5, 5.41) is 0. The van der Waals surface area contributed by atoms with E-state index in [1.54, 1.807) is 38.5 Å². The Morgan fingerprint density at radius 1 is 0.480 bits per heavy atom. The van der Waals surface area contributed by atoms with Gasteiger partial charge in [-0.2, -0.15) is 0 Å². The van der Waals surface area contributed by atoms with Gasteiger partial charge in [0.15, 0.2) is 0 Å². The summed E-state index contributed by atoms with van der Waals surface area (Å²) in [4.78, 5) is 5.46. The van der Waals surface area contributed by atoms with Crippen LogP contribution in [-0.4, -0.2) is 20.9 Å². The summed E-state index contributed by atoms with van der Waals surface area (Å²) in [6.07, 6.45) is 23.2. The molecule has 2 nitrogen and oxygen atoms in total. The molecule has 8 saturated carbocycles. The van der Waals surface area contributed by atoms with Crippen LogP contribution in [0.3, 0.4) is 0 Å². The molecule has 9 aliphatic rings. The van der Waals surface area contributed by atoms with Gasteiger partial charge in [0.25, 0.3) is 0 Å². The zero-order chi connectivity index (χ0) is 16.2. The highest BCUT2D eigenvalue weighted by Gasteiger charge is 2.57. The van der Waals surface area contributed by atoms with E-state index in [2.05, 4.69) is 28.9 Å². The first-order valence-electron chi connectivity index (χ1n) is 11.3. The van der Waals surface area contributed by atoms with Gasteiger partial charge in [-0.1, -0.05) is 0 Å². The van der Waals surface area contributed by atoms with Crippen molar-refractivity contribution in [2.45, 2.75) is 88.1 Å². The third-order valence-electron chi connectivity index (χ3n) is 9.74. The summed E-state index contributed by atoms with van der Waals surface area (Å²) in [5.74, 6) is 6.26. The average molecular weight is 338 g/mol. The lowest BCUT2D eigenvalue weighted by Gasteiger charge is -2.62. The average Bonchev–Trinajstić information content (AvgIpc) is 3.04. The van der Waals surface area contributed by atoms with Crippen molar-refractivity contribution < 1.29 is 0 Å². The fraction of sp³-hybridized carbons (Fsp3) is 0.870. The first-order valence-corrected chi connectivity index (χ1v) is 11.3. The lowest BCUT2D eigenvalue weighted by molar-refractivity contribution is -0.0877. The molecule has 0 amide bonds. The minimum Gasteiger partial charge on any atom is -0.347 e. The van der Waals surface area contributed by atoms with E-state index in [9.17, 15) is 0 Å². The summed E-state index contributed by atoms with van der Waals surface area (Å²) < 4.78 is 0. The summed E-state index contributed by atoms with van der Waals surface area (Å²) in [7, 11) is 0. The molecule has 0 spiro atoms. The van der Waals surface area contributed by atoms with Crippen molar-refractivity contribution in [1.29, 1.82) is 0 Å². The molecule has 0 N–H and O–H groups in total. The highest BCUT2D eigenvalue weighted by Crippen LogP contribution is 2.61. The van der Waals surface area contributed by atoms with E-state index in [0.717, 1.165) is 35.5 Å². The number of nitrogens with zero attached hydrogens (tertiary/aromatic N) is 2. The minimum absolute atomic E-state index is 0.502. The molecule has 0 unspecified atom stereocenters. The van der Waals surface area contributed by atoms with Gasteiger partial charge in [0, 0.05) is 23.5 Å². The van der Waals surface area contributed by atoms with E-state index >= 15 is 0 Å². The van der Waals surface area contributed by atoms with E-state index in [0.29, 0.717) is 11.1 Å². The molecule has 0 aromatic rings. The van der Waals surface area contributed by atoms with E-state index in [4.69, 9.17) is 0 Å². The Labute approximate surface area is 153 Å². The van der Waals surface area contributed by atoms with Gasteiger partial charge in [-0.05, 0) is 113 Å². The van der Waals surface area contributed by atoms with Gasteiger partial charge in [0.2, 0.25) is 0 Å². The summed E-state index contributed by atoms with van der Waals surface area (Å²) in [6, 6.07) is 0. The molecule has 8 aliphatic carbocycles. The van der Waals surface area contributed by atoms with Gasteiger partial charge in [0.05, 0.1) is 0 Å². The first kappa shape index (κ1) is 14.4. The Morgan fingerprint density at radius 3 is 1.04 bits per heavy atom. The Hall–Kier alpha value is -0.660. The smallest absolute Gasteiger partial charge is 0.142 e. The van der Waals surface area contributed by atoms with Crippen LogP contribution in [0.2, 0.25) is 0 Å². The molecule has 2 heteroatoms. The van der Waals surface area contributed by atoms with Gasteiger partial charge in [-0.15, -0.1) is 0 Å². The van der Waals surface area contributed by atoms with Crippen LogP contribution in [0.15, 0.2) is 12.4 Å². The van der Waals surface area contributed by atoms with Crippen LogP contribution in [0.5, 0.6) is 0 Å². The number of hydrogen-bond donors (Lipinski definition) is 0. The molecule has 8 bridgehead atoms. The van der Waals surface area contributed by atoms with Crippen LogP contribution in [0.25, 0.3) is 0 Å². The van der Waals surface area contributed by atoms with Crippen molar-refractivity contribution in [2.24, 2.45) is 35.5 Å². The Morgan fingerprint density at radius 2 is 0.760 bits per heavy atom. The second kappa shape index (κ2) is 4.60. The zero-order valence-electron chi connectivity index (χ0n) is 15.6. The van der Waals surface area contributed by atoms with Gasteiger partial charge < -0.3 is 9.80 Å². The molecular weight excluding hydrogens is 304 g/mol. The molecule has 1 aliphatic heterocycles. The molecular formula is C23H33N2. The Balaban J connectivity index is 1.16. The van der Waals surface area contributed by atoms with E-state index < -0.39 is 0 Å². The lowest BCUT2D eigenvalue weighted by Crippen LogP contribution is -2.60. The lowest BCUT2D eigenvalue weighted by atomic mass is 9.52. The van der Waals surface area contributed by atoms with Gasteiger partial charge in [-0.3, -0.25) is 0 Å². The molecule has 25 heavy (non-hydrogen) atoms. The monoisotopic (exact) mass is 337 g/mol. The molecule has 9 rings (SSSR count). The molecule has 0 aromatic heterocycles. The zero-order valence-corrected chi connectivity index (χ0v) is 15.6. The Bertz CT molecular complexity index is 497. The number of hydrogen-bond acceptors (Lipinski definition) is 2. The van der Waals surface area contributed by atoms with Crippen LogP contribution < -0.4 is 0 Å². The van der Waals surface area contributed by atoms with Crippen molar-refractivity contribution in [3.8, 4) is 0 Å². The minimum atomic E-state index is 0.502. The molecule has 1 heterocycles. The fourth-order valence-corrected chi connectivity index (χ4v) is 9.68. The first-order chi connectivity index (χ1) is 12.2. The quantitative estimate of drug-likeness (QED) is 0.689. The van der Waals surface area contributed by atoms with Gasteiger partial charge >= 0.3 is 0 Å². The third kappa shape index (κ3) is 1.92. The van der Waals surface area contributed by atoms with E-state index in [1.165, 1.54) is 38.5 Å². The summed E-state index contributed by atoms with van der Waals surface area (Å²) in [5.41, 5.74) is 1.00. The van der Waals surface area contributed by atoms with Crippen LogP contribution in [0.4, 0.5) is 0 Å². The number of rotatable bonds is 2. The molecule has 8 fully saturated rings.